The number of hydrogen-bond acceptors (Lipinski definition) is 4. The molecule has 0 saturated heterocycles. The van der Waals surface area contributed by atoms with Crippen molar-refractivity contribution in [2.45, 2.75) is 12.8 Å². The first-order valence-electron chi connectivity index (χ1n) is 6.98. The summed E-state index contributed by atoms with van der Waals surface area (Å²) in [5, 5.41) is 2.78. The van der Waals surface area contributed by atoms with Gasteiger partial charge in [-0.3, -0.25) is 13.3 Å². The zero-order valence-corrected chi connectivity index (χ0v) is 14.3. The highest BCUT2D eigenvalue weighted by Gasteiger charge is 2.26. The first-order valence-corrected chi connectivity index (χ1v) is 10.6. The number of nitrogens with zero attached hydrogens (tertiary/aromatic N) is 1. The van der Waals surface area contributed by atoms with E-state index < -0.39 is 20.8 Å². The summed E-state index contributed by atoms with van der Waals surface area (Å²) in [5.41, 5.74) is 2.04. The molecule has 0 aromatic heterocycles. The standard InChI is InChI=1S/C14H20N2O4S2/c1-21(18)9-3-7-15-14(17)12-4-5-13-11(10-12)6-8-16(13)22(2,19)20/h4-5,10H,3,6-9H2,1-2H3,(H,15,17)/t21-/m0/s1. The summed E-state index contributed by atoms with van der Waals surface area (Å²) in [6.45, 7) is 0.895. The molecule has 0 aliphatic carbocycles. The van der Waals surface area contributed by atoms with E-state index in [1.807, 2.05) is 0 Å². The van der Waals surface area contributed by atoms with E-state index in [4.69, 9.17) is 0 Å². The summed E-state index contributed by atoms with van der Waals surface area (Å²) in [5.74, 6) is 0.371. The van der Waals surface area contributed by atoms with Crippen LogP contribution in [-0.4, -0.2) is 49.9 Å². The number of anilines is 1. The van der Waals surface area contributed by atoms with Crippen molar-refractivity contribution in [2.24, 2.45) is 0 Å². The Kier molecular flexibility index (Phi) is 5.23. The van der Waals surface area contributed by atoms with Crippen LogP contribution in [0.5, 0.6) is 0 Å². The minimum absolute atomic E-state index is 0.192. The molecule has 0 spiro atoms. The van der Waals surface area contributed by atoms with Crippen molar-refractivity contribution in [3.05, 3.63) is 29.3 Å². The third kappa shape index (κ3) is 4.07. The normalized spacial score (nSPS) is 15.5. The molecule has 0 radical (unpaired) electrons. The SMILES string of the molecule is C[S@](=O)CCCNC(=O)c1ccc2c(c1)CCN2S(C)(=O)=O. The van der Waals surface area contributed by atoms with Crippen molar-refractivity contribution < 1.29 is 17.4 Å². The molecule has 1 aliphatic heterocycles. The van der Waals surface area contributed by atoms with Gasteiger partial charge in [0.15, 0.2) is 0 Å². The van der Waals surface area contributed by atoms with Crippen molar-refractivity contribution in [1.29, 1.82) is 0 Å². The second-order valence-corrected chi connectivity index (χ2v) is 8.78. The highest BCUT2D eigenvalue weighted by molar-refractivity contribution is 7.92. The van der Waals surface area contributed by atoms with Gasteiger partial charge >= 0.3 is 0 Å². The van der Waals surface area contributed by atoms with Gasteiger partial charge in [-0.1, -0.05) is 0 Å². The maximum absolute atomic E-state index is 12.0. The number of sulfonamides is 1. The molecule has 1 aromatic rings. The number of fused-ring (bicyclic) bond motifs is 1. The molecule has 1 N–H and O–H groups in total. The molecular weight excluding hydrogens is 324 g/mol. The van der Waals surface area contributed by atoms with Crippen molar-refractivity contribution in [3.8, 4) is 0 Å². The topological polar surface area (TPSA) is 83.6 Å². The Morgan fingerprint density at radius 2 is 2.14 bits per heavy atom. The van der Waals surface area contributed by atoms with Crippen LogP contribution >= 0.6 is 0 Å². The van der Waals surface area contributed by atoms with Gasteiger partial charge < -0.3 is 5.32 Å². The van der Waals surface area contributed by atoms with Crippen LogP contribution in [0.4, 0.5) is 5.69 Å². The van der Waals surface area contributed by atoms with Gasteiger partial charge in [-0.2, -0.15) is 0 Å². The zero-order chi connectivity index (χ0) is 16.3. The van der Waals surface area contributed by atoms with Gasteiger partial charge in [0.05, 0.1) is 11.9 Å². The van der Waals surface area contributed by atoms with Crippen LogP contribution in [0.15, 0.2) is 18.2 Å². The molecule has 1 heterocycles. The van der Waals surface area contributed by atoms with Crippen LogP contribution < -0.4 is 9.62 Å². The van der Waals surface area contributed by atoms with Crippen LogP contribution in [-0.2, 0) is 27.2 Å². The summed E-state index contributed by atoms with van der Waals surface area (Å²) in [7, 11) is -4.12. The van der Waals surface area contributed by atoms with Crippen molar-refractivity contribution in [2.75, 3.05) is 35.7 Å². The molecule has 1 amide bonds. The van der Waals surface area contributed by atoms with Crippen LogP contribution in [0, 0.1) is 0 Å². The van der Waals surface area contributed by atoms with Gasteiger partial charge in [0, 0.05) is 41.5 Å². The largest absolute Gasteiger partial charge is 0.352 e. The molecule has 6 nitrogen and oxygen atoms in total. The van der Waals surface area contributed by atoms with E-state index in [9.17, 15) is 17.4 Å². The number of rotatable bonds is 6. The van der Waals surface area contributed by atoms with Crippen LogP contribution in [0.3, 0.4) is 0 Å². The molecule has 1 atom stereocenters. The third-order valence-electron chi connectivity index (χ3n) is 3.49. The summed E-state index contributed by atoms with van der Waals surface area (Å²) >= 11 is 0. The predicted octanol–water partition coefficient (Wildman–Crippen LogP) is 0.507. The lowest BCUT2D eigenvalue weighted by atomic mass is 10.1. The minimum atomic E-state index is -3.27. The maximum atomic E-state index is 12.0. The molecule has 22 heavy (non-hydrogen) atoms. The molecule has 1 aliphatic rings. The number of amides is 1. The minimum Gasteiger partial charge on any atom is -0.352 e. The third-order valence-corrected chi connectivity index (χ3v) is 5.53. The lowest BCUT2D eigenvalue weighted by Gasteiger charge is -2.16. The fourth-order valence-electron chi connectivity index (χ4n) is 2.44. The average molecular weight is 344 g/mol. The van der Waals surface area contributed by atoms with E-state index in [1.54, 1.807) is 24.5 Å². The van der Waals surface area contributed by atoms with E-state index in [0.717, 1.165) is 5.56 Å². The van der Waals surface area contributed by atoms with E-state index in [2.05, 4.69) is 5.32 Å². The molecular formula is C14H20N2O4S2. The lowest BCUT2D eigenvalue weighted by Crippen LogP contribution is -2.27. The van der Waals surface area contributed by atoms with E-state index >= 15 is 0 Å². The fourth-order valence-corrected chi connectivity index (χ4v) is 3.95. The summed E-state index contributed by atoms with van der Waals surface area (Å²) in [6.07, 6.45) is 4.09. The fraction of sp³-hybridized carbons (Fsp3) is 0.500. The first-order chi connectivity index (χ1) is 10.3. The van der Waals surface area contributed by atoms with Gasteiger partial charge in [0.2, 0.25) is 10.0 Å². The van der Waals surface area contributed by atoms with Gasteiger partial charge in [0.25, 0.3) is 5.91 Å². The predicted molar refractivity (Wildman–Crippen MR) is 88.2 cm³/mol. The maximum Gasteiger partial charge on any atom is 0.251 e. The van der Waals surface area contributed by atoms with Crippen LogP contribution in [0.2, 0.25) is 0 Å². The molecule has 1 aromatic carbocycles. The Morgan fingerprint density at radius 3 is 2.77 bits per heavy atom. The number of hydrogen-bond donors (Lipinski definition) is 1. The Bertz CT molecular complexity index is 701. The second kappa shape index (κ2) is 6.78. The summed E-state index contributed by atoms with van der Waals surface area (Å²) in [4.78, 5) is 12.0. The van der Waals surface area contributed by atoms with Crippen molar-refractivity contribution in [3.63, 3.8) is 0 Å². The summed E-state index contributed by atoms with van der Waals surface area (Å²) < 4.78 is 35.6. The van der Waals surface area contributed by atoms with Crippen LogP contribution in [0.1, 0.15) is 22.3 Å². The highest BCUT2D eigenvalue weighted by atomic mass is 32.2. The van der Waals surface area contributed by atoms with Gasteiger partial charge in [-0.25, -0.2) is 8.42 Å². The molecule has 8 heteroatoms. The van der Waals surface area contributed by atoms with Gasteiger partial charge in [-0.15, -0.1) is 0 Å². The Hall–Kier alpha value is -1.41. The average Bonchev–Trinajstić information content (AvgIpc) is 2.85. The van der Waals surface area contributed by atoms with E-state index in [-0.39, 0.29) is 5.91 Å². The van der Waals surface area contributed by atoms with E-state index in [0.29, 0.717) is 42.9 Å². The number of nitrogens with one attached hydrogen (secondary N) is 1. The second-order valence-electron chi connectivity index (χ2n) is 5.32. The monoisotopic (exact) mass is 344 g/mol. The number of carbonyl (C=O) groups excluding carboxylic acids is 1. The van der Waals surface area contributed by atoms with Crippen molar-refractivity contribution >= 4 is 32.4 Å². The first kappa shape index (κ1) is 17.0. The van der Waals surface area contributed by atoms with E-state index in [1.165, 1.54) is 10.6 Å². The Morgan fingerprint density at radius 1 is 1.41 bits per heavy atom. The van der Waals surface area contributed by atoms with Gasteiger partial charge in [-0.05, 0) is 36.6 Å². The quantitative estimate of drug-likeness (QED) is 0.762. The molecule has 0 bridgehead atoms. The molecule has 0 saturated carbocycles. The molecule has 122 valence electrons. The molecule has 0 unspecified atom stereocenters. The number of carbonyl (C=O) groups is 1. The van der Waals surface area contributed by atoms with Crippen molar-refractivity contribution in [1.82, 2.24) is 5.32 Å². The zero-order valence-electron chi connectivity index (χ0n) is 12.7. The Balaban J connectivity index is 2.03. The van der Waals surface area contributed by atoms with Gasteiger partial charge in [0.1, 0.15) is 0 Å². The summed E-state index contributed by atoms with van der Waals surface area (Å²) in [6, 6.07) is 5.06. The molecule has 2 rings (SSSR count). The number of benzene rings is 1. The lowest BCUT2D eigenvalue weighted by molar-refractivity contribution is 0.0953. The van der Waals surface area contributed by atoms with Crippen LogP contribution in [0.25, 0.3) is 0 Å². The smallest absolute Gasteiger partial charge is 0.251 e. The highest BCUT2D eigenvalue weighted by Crippen LogP contribution is 2.30. The Labute approximate surface area is 133 Å². The molecule has 0 fully saturated rings.